The number of hydrogen-bond acceptors (Lipinski definition) is 5. The van der Waals surface area contributed by atoms with Gasteiger partial charge in [-0.15, -0.1) is 0 Å². The fourth-order valence-electron chi connectivity index (χ4n) is 3.20. The number of carbonyl (C=O) groups is 3. The first-order valence-corrected chi connectivity index (χ1v) is 8.96. The van der Waals surface area contributed by atoms with E-state index in [1.165, 1.54) is 6.26 Å². The van der Waals surface area contributed by atoms with Gasteiger partial charge < -0.3 is 24.9 Å². The highest BCUT2D eigenvalue weighted by Crippen LogP contribution is 2.26. The number of nitrogens with one attached hydrogen (secondary N) is 2. The summed E-state index contributed by atoms with van der Waals surface area (Å²) in [7, 11) is 0. The second-order valence-corrected chi connectivity index (χ2v) is 6.88. The number of hydrogen-bond donors (Lipinski definition) is 3. The standard InChI is InChI=1S/C20H22N2O6/c1-13-4-5-14(11-15(13)21-19(26)16-3-2-8-28-16)18(25)22-20(12-17(23)24)6-9-27-10-7-20/h2-5,8,11H,6-7,9-10,12H2,1H3,(H,21,26)(H,22,25)(H,23,24). The van der Waals surface area contributed by atoms with Gasteiger partial charge in [-0.25, -0.2) is 0 Å². The van der Waals surface area contributed by atoms with Crippen LogP contribution >= 0.6 is 0 Å². The molecule has 1 aromatic heterocycles. The number of carboxylic acid groups (broad SMARTS) is 1. The summed E-state index contributed by atoms with van der Waals surface area (Å²) in [4.78, 5) is 36.3. The van der Waals surface area contributed by atoms with Crippen LogP contribution in [0.4, 0.5) is 5.69 Å². The van der Waals surface area contributed by atoms with Gasteiger partial charge in [0.25, 0.3) is 11.8 Å². The molecular weight excluding hydrogens is 364 g/mol. The molecule has 0 saturated carbocycles. The van der Waals surface area contributed by atoms with Crippen LogP contribution in [0, 0.1) is 6.92 Å². The molecule has 8 heteroatoms. The number of amides is 2. The summed E-state index contributed by atoms with van der Waals surface area (Å²) in [5.41, 5.74) is 0.747. The molecule has 1 saturated heterocycles. The van der Waals surface area contributed by atoms with Crippen molar-refractivity contribution < 1.29 is 28.6 Å². The van der Waals surface area contributed by atoms with Crippen LogP contribution in [0.3, 0.4) is 0 Å². The molecule has 1 aromatic carbocycles. The molecular formula is C20H22N2O6. The molecule has 0 atom stereocenters. The lowest BCUT2D eigenvalue weighted by atomic mass is 9.86. The van der Waals surface area contributed by atoms with Crippen LogP contribution < -0.4 is 10.6 Å². The van der Waals surface area contributed by atoms with Gasteiger partial charge in [0.1, 0.15) is 0 Å². The average Bonchev–Trinajstić information content (AvgIpc) is 3.18. The number of anilines is 1. The highest BCUT2D eigenvalue weighted by molar-refractivity contribution is 6.04. The van der Waals surface area contributed by atoms with Crippen LogP contribution in [0.2, 0.25) is 0 Å². The maximum absolute atomic E-state index is 12.8. The van der Waals surface area contributed by atoms with Crippen molar-refractivity contribution >= 4 is 23.5 Å². The van der Waals surface area contributed by atoms with Gasteiger partial charge in [0.15, 0.2) is 5.76 Å². The third kappa shape index (κ3) is 4.58. The predicted octanol–water partition coefficient (Wildman–Crippen LogP) is 2.59. The minimum atomic E-state index is -0.975. The van der Waals surface area contributed by atoms with Crippen molar-refractivity contribution in [2.45, 2.75) is 31.7 Å². The van der Waals surface area contributed by atoms with Crippen molar-refractivity contribution in [3.05, 3.63) is 53.5 Å². The van der Waals surface area contributed by atoms with Crippen molar-refractivity contribution in [1.82, 2.24) is 5.32 Å². The third-order valence-corrected chi connectivity index (χ3v) is 4.81. The lowest BCUT2D eigenvalue weighted by Crippen LogP contribution is -2.53. The summed E-state index contributed by atoms with van der Waals surface area (Å²) in [5.74, 6) is -1.62. The van der Waals surface area contributed by atoms with Crippen molar-refractivity contribution in [2.75, 3.05) is 18.5 Å². The molecule has 0 aliphatic carbocycles. The van der Waals surface area contributed by atoms with E-state index in [2.05, 4.69) is 10.6 Å². The summed E-state index contributed by atoms with van der Waals surface area (Å²) in [6.45, 7) is 2.60. The minimum Gasteiger partial charge on any atom is -0.481 e. The minimum absolute atomic E-state index is 0.164. The van der Waals surface area contributed by atoms with Gasteiger partial charge in [-0.2, -0.15) is 0 Å². The zero-order valence-corrected chi connectivity index (χ0v) is 15.5. The van der Waals surface area contributed by atoms with E-state index in [1.54, 1.807) is 30.3 Å². The Balaban J connectivity index is 1.77. The zero-order valence-electron chi connectivity index (χ0n) is 15.5. The first-order valence-electron chi connectivity index (χ1n) is 8.96. The Morgan fingerprint density at radius 3 is 2.54 bits per heavy atom. The summed E-state index contributed by atoms with van der Waals surface area (Å²) < 4.78 is 10.4. The Labute approximate surface area is 161 Å². The number of aliphatic carboxylic acids is 1. The van der Waals surface area contributed by atoms with E-state index in [-0.39, 0.29) is 12.2 Å². The highest BCUT2D eigenvalue weighted by atomic mass is 16.5. The zero-order chi connectivity index (χ0) is 20.1. The molecule has 2 aromatic rings. The van der Waals surface area contributed by atoms with E-state index < -0.39 is 23.3 Å². The molecule has 0 bridgehead atoms. The molecule has 0 spiro atoms. The molecule has 3 N–H and O–H groups in total. The predicted molar refractivity (Wildman–Crippen MR) is 100 cm³/mol. The number of carboxylic acids is 1. The molecule has 1 aliphatic heterocycles. The molecule has 148 valence electrons. The van der Waals surface area contributed by atoms with Crippen molar-refractivity contribution in [3.8, 4) is 0 Å². The van der Waals surface area contributed by atoms with Crippen LogP contribution in [-0.2, 0) is 9.53 Å². The van der Waals surface area contributed by atoms with Crippen LogP contribution in [0.25, 0.3) is 0 Å². The first kappa shape index (κ1) is 19.6. The van der Waals surface area contributed by atoms with E-state index in [9.17, 15) is 19.5 Å². The lowest BCUT2D eigenvalue weighted by Gasteiger charge is -2.36. The van der Waals surface area contributed by atoms with Crippen molar-refractivity contribution in [3.63, 3.8) is 0 Å². The van der Waals surface area contributed by atoms with Gasteiger partial charge in [-0.3, -0.25) is 14.4 Å². The number of furan rings is 1. The molecule has 1 aliphatic rings. The van der Waals surface area contributed by atoms with Crippen LogP contribution in [0.15, 0.2) is 41.0 Å². The summed E-state index contributed by atoms with van der Waals surface area (Å²) in [6, 6.07) is 8.09. The number of ether oxygens (including phenoxy) is 1. The Bertz CT molecular complexity index is 869. The topological polar surface area (TPSA) is 118 Å². The number of rotatable bonds is 6. The summed E-state index contributed by atoms with van der Waals surface area (Å²) >= 11 is 0. The van der Waals surface area contributed by atoms with Gasteiger partial charge in [-0.1, -0.05) is 6.07 Å². The Morgan fingerprint density at radius 2 is 1.89 bits per heavy atom. The summed E-state index contributed by atoms with van der Waals surface area (Å²) in [6.07, 6.45) is 2.09. The van der Waals surface area contributed by atoms with E-state index in [4.69, 9.17) is 9.15 Å². The quantitative estimate of drug-likeness (QED) is 0.702. The molecule has 2 heterocycles. The Kier molecular flexibility index (Phi) is 5.79. The smallest absolute Gasteiger partial charge is 0.305 e. The van der Waals surface area contributed by atoms with Crippen LogP contribution in [0.5, 0.6) is 0 Å². The SMILES string of the molecule is Cc1ccc(C(=O)NC2(CC(=O)O)CCOCC2)cc1NC(=O)c1ccco1. The number of carbonyl (C=O) groups excluding carboxylic acids is 2. The van der Waals surface area contributed by atoms with Crippen molar-refractivity contribution in [2.24, 2.45) is 0 Å². The van der Waals surface area contributed by atoms with E-state index in [0.29, 0.717) is 37.3 Å². The first-order chi connectivity index (χ1) is 13.4. The Hall–Kier alpha value is -3.13. The van der Waals surface area contributed by atoms with E-state index in [1.807, 2.05) is 6.92 Å². The average molecular weight is 386 g/mol. The van der Waals surface area contributed by atoms with Crippen LogP contribution in [-0.4, -0.2) is 41.6 Å². The van der Waals surface area contributed by atoms with Crippen LogP contribution in [0.1, 0.15) is 45.7 Å². The van der Waals surface area contributed by atoms with Gasteiger partial charge in [0, 0.05) is 24.5 Å². The fraction of sp³-hybridized carbons (Fsp3) is 0.350. The Morgan fingerprint density at radius 1 is 1.14 bits per heavy atom. The number of aryl methyl sites for hydroxylation is 1. The van der Waals surface area contributed by atoms with Gasteiger partial charge >= 0.3 is 5.97 Å². The second-order valence-electron chi connectivity index (χ2n) is 6.88. The van der Waals surface area contributed by atoms with Gasteiger partial charge in [0.2, 0.25) is 0 Å². The maximum Gasteiger partial charge on any atom is 0.305 e. The van der Waals surface area contributed by atoms with Crippen molar-refractivity contribution in [1.29, 1.82) is 0 Å². The highest BCUT2D eigenvalue weighted by Gasteiger charge is 2.36. The van der Waals surface area contributed by atoms with E-state index in [0.717, 1.165) is 5.56 Å². The number of benzene rings is 1. The molecule has 1 fully saturated rings. The maximum atomic E-state index is 12.8. The molecule has 0 radical (unpaired) electrons. The normalized spacial score (nSPS) is 15.6. The molecule has 28 heavy (non-hydrogen) atoms. The fourth-order valence-corrected chi connectivity index (χ4v) is 3.20. The lowest BCUT2D eigenvalue weighted by molar-refractivity contribution is -0.139. The second kappa shape index (κ2) is 8.26. The third-order valence-electron chi connectivity index (χ3n) is 4.81. The largest absolute Gasteiger partial charge is 0.481 e. The van der Waals surface area contributed by atoms with Gasteiger partial charge in [-0.05, 0) is 49.6 Å². The molecule has 2 amide bonds. The summed E-state index contributed by atoms with van der Waals surface area (Å²) in [5, 5.41) is 14.8. The molecule has 3 rings (SSSR count). The van der Waals surface area contributed by atoms with Gasteiger partial charge in [0.05, 0.1) is 18.2 Å². The molecule has 8 nitrogen and oxygen atoms in total. The molecule has 0 unspecified atom stereocenters. The van der Waals surface area contributed by atoms with E-state index >= 15 is 0 Å². The monoisotopic (exact) mass is 386 g/mol.